The van der Waals surface area contributed by atoms with E-state index < -0.39 is 22.0 Å². The largest absolute Gasteiger partial charge is 0.353 e. The number of carbonyl (C=O) groups is 2. The fourth-order valence-electron chi connectivity index (χ4n) is 4.35. The molecule has 2 aliphatic rings. The Bertz CT molecular complexity index is 1390. The van der Waals surface area contributed by atoms with Crippen LogP contribution in [0.1, 0.15) is 40.3 Å². The molecule has 0 aliphatic carbocycles. The average molecular weight is 470 g/mol. The highest BCUT2D eigenvalue weighted by Crippen LogP contribution is 2.33. The molecule has 0 atom stereocenters. The molecule has 1 aromatic carbocycles. The Balaban J connectivity index is 1.36. The molecule has 2 aliphatic heterocycles. The number of piperazine rings is 1. The molecule has 1 fully saturated rings. The molecule has 2 aromatic heterocycles. The van der Waals surface area contributed by atoms with E-state index in [1.807, 2.05) is 13.0 Å². The van der Waals surface area contributed by atoms with Gasteiger partial charge in [0, 0.05) is 49.5 Å². The zero-order valence-corrected chi connectivity index (χ0v) is 19.3. The minimum atomic E-state index is -3.96. The summed E-state index contributed by atoms with van der Waals surface area (Å²) in [5, 5.41) is 4.24. The van der Waals surface area contributed by atoms with Crippen LogP contribution in [0.2, 0.25) is 0 Å². The van der Waals surface area contributed by atoms with Crippen LogP contribution in [0.4, 0.5) is 5.82 Å². The summed E-state index contributed by atoms with van der Waals surface area (Å²) in [6.45, 7) is 7.24. The number of fused-ring (bicyclic) bond motifs is 2. The monoisotopic (exact) mass is 469 g/mol. The maximum absolute atomic E-state index is 13.2. The van der Waals surface area contributed by atoms with Crippen molar-refractivity contribution in [2.75, 3.05) is 31.1 Å². The third kappa shape index (κ3) is 3.32. The molecule has 0 unspecified atom stereocenters. The van der Waals surface area contributed by atoms with Crippen molar-refractivity contribution in [3.63, 3.8) is 0 Å². The molecule has 12 heteroatoms. The maximum Gasteiger partial charge on any atom is 0.269 e. The van der Waals surface area contributed by atoms with Crippen molar-refractivity contribution in [3.05, 3.63) is 47.4 Å². The standard InChI is InChI=1S/C21H23N7O4S/c1-13(2)28-20(30)16-5-4-15(11-17(16)33(28,31)32)19(29)26-8-6-25(7-9-26)18-10-14(3)24-21-22-12-23-27(18)21/h4-5,10-13H,6-9H2,1-3H3. The Kier molecular flexibility index (Phi) is 4.85. The van der Waals surface area contributed by atoms with E-state index in [0.717, 1.165) is 15.8 Å². The van der Waals surface area contributed by atoms with Gasteiger partial charge in [0.25, 0.3) is 27.6 Å². The second-order valence-electron chi connectivity index (χ2n) is 8.42. The van der Waals surface area contributed by atoms with Crippen LogP contribution < -0.4 is 4.90 Å². The molecular weight excluding hydrogens is 446 g/mol. The first kappa shape index (κ1) is 21.3. The molecule has 11 nitrogen and oxygen atoms in total. The normalized spacial score (nSPS) is 17.8. The first-order valence-electron chi connectivity index (χ1n) is 10.6. The number of hydrogen-bond donors (Lipinski definition) is 0. The van der Waals surface area contributed by atoms with E-state index in [-0.39, 0.29) is 21.9 Å². The van der Waals surface area contributed by atoms with E-state index in [4.69, 9.17) is 0 Å². The van der Waals surface area contributed by atoms with Gasteiger partial charge in [0.15, 0.2) is 0 Å². The number of amides is 2. The lowest BCUT2D eigenvalue weighted by Gasteiger charge is -2.36. The smallest absolute Gasteiger partial charge is 0.269 e. The Morgan fingerprint density at radius 1 is 1.09 bits per heavy atom. The van der Waals surface area contributed by atoms with Gasteiger partial charge in [-0.15, -0.1) is 0 Å². The van der Waals surface area contributed by atoms with Gasteiger partial charge in [-0.2, -0.15) is 14.6 Å². The van der Waals surface area contributed by atoms with Crippen molar-refractivity contribution < 1.29 is 18.0 Å². The summed E-state index contributed by atoms with van der Waals surface area (Å²) in [4.78, 5) is 37.9. The highest BCUT2D eigenvalue weighted by atomic mass is 32.2. The number of nitrogens with zero attached hydrogens (tertiary/aromatic N) is 7. The van der Waals surface area contributed by atoms with E-state index in [2.05, 4.69) is 20.0 Å². The molecule has 0 radical (unpaired) electrons. The predicted octanol–water partition coefficient (Wildman–Crippen LogP) is 0.948. The van der Waals surface area contributed by atoms with Crippen molar-refractivity contribution in [1.82, 2.24) is 28.8 Å². The fraction of sp³-hybridized carbons (Fsp3) is 0.381. The van der Waals surface area contributed by atoms with Gasteiger partial charge in [0.2, 0.25) is 0 Å². The van der Waals surface area contributed by atoms with E-state index in [0.29, 0.717) is 32.0 Å². The summed E-state index contributed by atoms with van der Waals surface area (Å²) in [5.41, 5.74) is 1.19. The highest BCUT2D eigenvalue weighted by molar-refractivity contribution is 7.90. The number of aryl methyl sites for hydroxylation is 1. The second-order valence-corrected chi connectivity index (χ2v) is 10.2. The lowest BCUT2D eigenvalue weighted by molar-refractivity contribution is 0.0744. The molecule has 3 aromatic rings. The Morgan fingerprint density at radius 3 is 2.52 bits per heavy atom. The minimum Gasteiger partial charge on any atom is -0.353 e. The van der Waals surface area contributed by atoms with Crippen LogP contribution in [0.5, 0.6) is 0 Å². The molecule has 0 bridgehead atoms. The zero-order valence-electron chi connectivity index (χ0n) is 18.5. The maximum atomic E-state index is 13.2. The van der Waals surface area contributed by atoms with Crippen molar-refractivity contribution in [3.8, 4) is 0 Å². The molecule has 33 heavy (non-hydrogen) atoms. The summed E-state index contributed by atoms with van der Waals surface area (Å²) in [6, 6.07) is 5.71. The summed E-state index contributed by atoms with van der Waals surface area (Å²) >= 11 is 0. The van der Waals surface area contributed by atoms with Crippen LogP contribution >= 0.6 is 0 Å². The predicted molar refractivity (Wildman–Crippen MR) is 119 cm³/mol. The average Bonchev–Trinajstić information content (AvgIpc) is 3.32. The first-order chi connectivity index (χ1) is 15.7. The molecule has 0 spiro atoms. The first-order valence-corrected chi connectivity index (χ1v) is 12.1. The van der Waals surface area contributed by atoms with Crippen molar-refractivity contribution in [2.24, 2.45) is 0 Å². The third-order valence-corrected chi connectivity index (χ3v) is 7.92. The second kappa shape index (κ2) is 7.51. The number of carbonyl (C=O) groups excluding carboxylic acids is 2. The van der Waals surface area contributed by atoms with Crippen LogP contribution in [0.25, 0.3) is 5.78 Å². The van der Waals surface area contributed by atoms with Gasteiger partial charge < -0.3 is 9.80 Å². The Labute approximate surface area is 190 Å². The van der Waals surface area contributed by atoms with Crippen molar-refractivity contribution >= 4 is 33.4 Å². The molecular formula is C21H23N7O4S. The summed E-state index contributed by atoms with van der Waals surface area (Å²) in [5.74, 6) is 0.561. The van der Waals surface area contributed by atoms with Crippen LogP contribution in [0.15, 0.2) is 35.5 Å². The molecule has 1 saturated heterocycles. The molecule has 5 rings (SSSR count). The third-order valence-electron chi connectivity index (χ3n) is 5.92. The van der Waals surface area contributed by atoms with Gasteiger partial charge in [-0.25, -0.2) is 17.7 Å². The summed E-state index contributed by atoms with van der Waals surface area (Å²) in [6.07, 6.45) is 1.46. The van der Waals surface area contributed by atoms with Crippen LogP contribution in [-0.2, 0) is 10.0 Å². The fourth-order valence-corrected chi connectivity index (χ4v) is 6.14. The number of hydrogen-bond acceptors (Lipinski definition) is 8. The lowest BCUT2D eigenvalue weighted by atomic mass is 10.1. The van der Waals surface area contributed by atoms with Gasteiger partial charge in [0.1, 0.15) is 17.0 Å². The van der Waals surface area contributed by atoms with Crippen LogP contribution in [0.3, 0.4) is 0 Å². The number of benzene rings is 1. The van der Waals surface area contributed by atoms with E-state index in [9.17, 15) is 18.0 Å². The Morgan fingerprint density at radius 2 is 1.82 bits per heavy atom. The number of anilines is 1. The van der Waals surface area contributed by atoms with Gasteiger partial charge >= 0.3 is 0 Å². The Hall–Kier alpha value is -3.54. The topological polar surface area (TPSA) is 121 Å². The van der Waals surface area contributed by atoms with E-state index in [1.165, 1.54) is 24.5 Å². The summed E-state index contributed by atoms with van der Waals surface area (Å²) in [7, 11) is -3.96. The number of aromatic nitrogens is 4. The van der Waals surface area contributed by atoms with Gasteiger partial charge in [-0.05, 0) is 39.0 Å². The van der Waals surface area contributed by atoms with E-state index >= 15 is 0 Å². The molecule has 0 N–H and O–H groups in total. The zero-order chi connectivity index (χ0) is 23.5. The van der Waals surface area contributed by atoms with Gasteiger partial charge in [-0.1, -0.05) is 0 Å². The quantitative estimate of drug-likeness (QED) is 0.556. The molecule has 0 saturated carbocycles. The SMILES string of the molecule is Cc1cc(N2CCN(C(=O)c3ccc4c(c3)S(=O)(=O)N(C(C)C)C4=O)CC2)n2ncnc2n1. The van der Waals surface area contributed by atoms with Crippen molar-refractivity contribution in [2.45, 2.75) is 31.7 Å². The molecule has 172 valence electrons. The van der Waals surface area contributed by atoms with Crippen LogP contribution in [-0.4, -0.2) is 81.2 Å². The van der Waals surface area contributed by atoms with Gasteiger partial charge in [-0.3, -0.25) is 9.59 Å². The van der Waals surface area contributed by atoms with E-state index in [1.54, 1.807) is 23.3 Å². The summed E-state index contributed by atoms with van der Waals surface area (Å²) < 4.78 is 28.3. The molecule has 2 amide bonds. The lowest BCUT2D eigenvalue weighted by Crippen LogP contribution is -2.49. The molecule has 4 heterocycles. The van der Waals surface area contributed by atoms with Gasteiger partial charge in [0.05, 0.1) is 5.56 Å². The number of rotatable bonds is 3. The van der Waals surface area contributed by atoms with Crippen LogP contribution in [0, 0.1) is 6.92 Å². The highest BCUT2D eigenvalue weighted by Gasteiger charge is 2.43. The minimum absolute atomic E-state index is 0.105. The van der Waals surface area contributed by atoms with Crippen molar-refractivity contribution in [1.29, 1.82) is 0 Å². The number of sulfonamides is 1.